The normalized spacial score (nSPS) is 10.3. The molecule has 6 heteroatoms. The van der Waals surface area contributed by atoms with Gasteiger partial charge in [0.15, 0.2) is 11.5 Å². The lowest BCUT2D eigenvalue weighted by molar-refractivity contribution is 0.0797. The molecular weight excluding hydrogens is 316 g/mol. The first-order valence-corrected chi connectivity index (χ1v) is 7.91. The molecule has 0 fully saturated rings. The van der Waals surface area contributed by atoms with Crippen LogP contribution in [0.15, 0.2) is 12.1 Å². The molecule has 0 saturated heterocycles. The van der Waals surface area contributed by atoms with Crippen molar-refractivity contribution in [2.24, 2.45) is 5.92 Å². The number of amides is 1. The van der Waals surface area contributed by atoms with E-state index in [4.69, 9.17) is 26.3 Å². The number of methoxy groups -OCH3 is 1. The molecule has 0 bridgehead atoms. The van der Waals surface area contributed by atoms with Crippen molar-refractivity contribution in [1.82, 2.24) is 4.90 Å². The fourth-order valence-corrected chi connectivity index (χ4v) is 2.18. The third-order valence-corrected chi connectivity index (χ3v) is 3.60. The van der Waals surface area contributed by atoms with E-state index in [-0.39, 0.29) is 12.3 Å². The van der Waals surface area contributed by atoms with Crippen molar-refractivity contribution in [1.29, 1.82) is 5.26 Å². The van der Waals surface area contributed by atoms with Gasteiger partial charge < -0.3 is 14.4 Å². The van der Waals surface area contributed by atoms with E-state index in [2.05, 4.69) is 13.8 Å². The number of hydrogen-bond donors (Lipinski definition) is 0. The lowest BCUT2D eigenvalue weighted by Crippen LogP contribution is -2.27. The molecule has 0 atom stereocenters. The highest BCUT2D eigenvalue weighted by molar-refractivity contribution is 6.32. The van der Waals surface area contributed by atoms with E-state index in [0.717, 1.165) is 6.42 Å². The smallest absolute Gasteiger partial charge is 0.253 e. The van der Waals surface area contributed by atoms with Crippen LogP contribution in [0.1, 0.15) is 37.0 Å². The standard InChI is InChI=1S/C17H23ClN2O3/c1-12(2)6-9-23-16-14(18)10-13(11-15(16)22-4)17(21)20(3)8-5-7-19/h10-12H,5-6,8-9H2,1-4H3. The summed E-state index contributed by atoms with van der Waals surface area (Å²) < 4.78 is 11.0. The Morgan fingerprint density at radius 3 is 2.70 bits per heavy atom. The second kappa shape index (κ2) is 9.26. The summed E-state index contributed by atoms with van der Waals surface area (Å²) in [6.07, 6.45) is 1.18. The van der Waals surface area contributed by atoms with E-state index < -0.39 is 0 Å². The van der Waals surface area contributed by atoms with Gasteiger partial charge in [0.25, 0.3) is 5.91 Å². The first-order chi connectivity index (χ1) is 10.9. The van der Waals surface area contributed by atoms with Gasteiger partial charge in [-0.2, -0.15) is 5.26 Å². The highest BCUT2D eigenvalue weighted by Gasteiger charge is 2.18. The van der Waals surface area contributed by atoms with Gasteiger partial charge in [0.1, 0.15) is 0 Å². The van der Waals surface area contributed by atoms with Crippen molar-refractivity contribution < 1.29 is 14.3 Å². The number of carbonyl (C=O) groups excluding carboxylic acids is 1. The van der Waals surface area contributed by atoms with Crippen LogP contribution in [0.4, 0.5) is 0 Å². The van der Waals surface area contributed by atoms with Gasteiger partial charge in [-0.15, -0.1) is 0 Å². The Balaban J connectivity index is 2.95. The lowest BCUT2D eigenvalue weighted by atomic mass is 10.1. The fourth-order valence-electron chi connectivity index (χ4n) is 1.92. The molecule has 1 aromatic carbocycles. The highest BCUT2D eigenvalue weighted by Crippen LogP contribution is 2.37. The molecule has 0 spiro atoms. The molecule has 0 unspecified atom stereocenters. The minimum absolute atomic E-state index is 0.214. The van der Waals surface area contributed by atoms with Crippen LogP contribution in [0.5, 0.6) is 11.5 Å². The van der Waals surface area contributed by atoms with Crippen LogP contribution in [0.2, 0.25) is 5.02 Å². The second-order valence-corrected chi connectivity index (χ2v) is 6.06. The van der Waals surface area contributed by atoms with Crippen LogP contribution in [0, 0.1) is 17.2 Å². The molecule has 0 saturated carbocycles. The van der Waals surface area contributed by atoms with E-state index in [0.29, 0.717) is 41.2 Å². The zero-order valence-corrected chi connectivity index (χ0v) is 14.8. The van der Waals surface area contributed by atoms with Gasteiger partial charge in [-0.1, -0.05) is 25.4 Å². The monoisotopic (exact) mass is 338 g/mol. The van der Waals surface area contributed by atoms with E-state index >= 15 is 0 Å². The molecule has 126 valence electrons. The lowest BCUT2D eigenvalue weighted by Gasteiger charge is -2.18. The van der Waals surface area contributed by atoms with Crippen molar-refractivity contribution in [2.75, 3.05) is 27.3 Å². The molecule has 5 nitrogen and oxygen atoms in total. The van der Waals surface area contributed by atoms with Crippen molar-refractivity contribution in [3.05, 3.63) is 22.7 Å². The van der Waals surface area contributed by atoms with Gasteiger partial charge in [-0.25, -0.2) is 0 Å². The minimum Gasteiger partial charge on any atom is -0.493 e. The number of carbonyl (C=O) groups is 1. The van der Waals surface area contributed by atoms with Gasteiger partial charge >= 0.3 is 0 Å². The Morgan fingerprint density at radius 2 is 2.13 bits per heavy atom. The predicted octanol–water partition coefficient (Wildman–Crippen LogP) is 3.76. The van der Waals surface area contributed by atoms with Crippen LogP contribution in [-0.4, -0.2) is 38.1 Å². The third kappa shape index (κ3) is 5.65. The Bertz CT molecular complexity index is 582. The average molecular weight is 339 g/mol. The minimum atomic E-state index is -0.214. The number of nitriles is 1. The number of benzene rings is 1. The highest BCUT2D eigenvalue weighted by atomic mass is 35.5. The van der Waals surface area contributed by atoms with Crippen LogP contribution < -0.4 is 9.47 Å². The molecule has 0 aliphatic rings. The fraction of sp³-hybridized carbons (Fsp3) is 0.529. The zero-order chi connectivity index (χ0) is 17.4. The van der Waals surface area contributed by atoms with Crippen LogP contribution in [0.3, 0.4) is 0 Å². The summed E-state index contributed by atoms with van der Waals surface area (Å²) in [5, 5.41) is 8.94. The summed E-state index contributed by atoms with van der Waals surface area (Å²) in [5.41, 5.74) is 0.406. The first kappa shape index (κ1) is 19.1. The van der Waals surface area contributed by atoms with E-state index in [1.807, 2.05) is 6.07 Å². The molecule has 23 heavy (non-hydrogen) atoms. The molecular formula is C17H23ClN2O3. The van der Waals surface area contributed by atoms with E-state index in [1.54, 1.807) is 19.2 Å². The third-order valence-electron chi connectivity index (χ3n) is 3.32. The maximum absolute atomic E-state index is 12.3. The molecule has 0 aromatic heterocycles. The summed E-state index contributed by atoms with van der Waals surface area (Å²) >= 11 is 6.25. The quantitative estimate of drug-likeness (QED) is 0.724. The zero-order valence-electron chi connectivity index (χ0n) is 14.1. The van der Waals surface area contributed by atoms with Crippen molar-refractivity contribution >= 4 is 17.5 Å². The Kier molecular flexibility index (Phi) is 7.70. The summed E-state index contributed by atoms with van der Waals surface area (Å²) in [7, 11) is 3.15. The van der Waals surface area contributed by atoms with Gasteiger partial charge in [0.2, 0.25) is 0 Å². The van der Waals surface area contributed by atoms with Gasteiger partial charge in [0.05, 0.1) is 31.2 Å². The molecule has 1 amide bonds. The largest absolute Gasteiger partial charge is 0.493 e. The Labute approximate surface area is 142 Å². The molecule has 0 N–H and O–H groups in total. The van der Waals surface area contributed by atoms with Gasteiger partial charge in [-0.05, 0) is 24.5 Å². The van der Waals surface area contributed by atoms with Crippen molar-refractivity contribution in [3.63, 3.8) is 0 Å². The number of nitrogens with zero attached hydrogens (tertiary/aromatic N) is 2. The summed E-state index contributed by atoms with van der Waals surface area (Å²) in [6.45, 7) is 5.12. The van der Waals surface area contributed by atoms with Crippen LogP contribution >= 0.6 is 11.6 Å². The molecule has 0 aliphatic heterocycles. The SMILES string of the molecule is COc1cc(C(=O)N(C)CCC#N)cc(Cl)c1OCCC(C)C. The first-order valence-electron chi connectivity index (χ1n) is 7.53. The summed E-state index contributed by atoms with van der Waals surface area (Å²) in [5.74, 6) is 1.19. The Hall–Kier alpha value is -1.93. The van der Waals surface area contributed by atoms with E-state index in [1.165, 1.54) is 12.0 Å². The maximum atomic E-state index is 12.3. The molecule has 0 aliphatic carbocycles. The number of hydrogen-bond acceptors (Lipinski definition) is 4. The second-order valence-electron chi connectivity index (χ2n) is 5.66. The van der Waals surface area contributed by atoms with Crippen molar-refractivity contribution in [2.45, 2.75) is 26.7 Å². The number of halogens is 1. The topological polar surface area (TPSA) is 62.6 Å². The van der Waals surface area contributed by atoms with Gasteiger partial charge in [0, 0.05) is 19.2 Å². The average Bonchev–Trinajstić information content (AvgIpc) is 2.52. The summed E-state index contributed by atoms with van der Waals surface area (Å²) in [4.78, 5) is 13.8. The number of rotatable bonds is 8. The summed E-state index contributed by atoms with van der Waals surface area (Å²) in [6, 6.07) is 5.20. The van der Waals surface area contributed by atoms with Gasteiger partial charge in [-0.3, -0.25) is 4.79 Å². The van der Waals surface area contributed by atoms with Crippen LogP contribution in [0.25, 0.3) is 0 Å². The number of ether oxygens (including phenoxy) is 2. The molecule has 1 aromatic rings. The van der Waals surface area contributed by atoms with Crippen molar-refractivity contribution in [3.8, 4) is 17.6 Å². The maximum Gasteiger partial charge on any atom is 0.253 e. The molecule has 0 radical (unpaired) electrons. The molecule has 1 rings (SSSR count). The van der Waals surface area contributed by atoms with E-state index in [9.17, 15) is 4.79 Å². The Morgan fingerprint density at radius 1 is 1.43 bits per heavy atom. The predicted molar refractivity (Wildman–Crippen MR) is 90.1 cm³/mol. The molecule has 0 heterocycles. The van der Waals surface area contributed by atoms with Crippen LogP contribution in [-0.2, 0) is 0 Å².